The number of carbonyl (C=O) groups is 1. The van der Waals surface area contributed by atoms with Crippen molar-refractivity contribution < 1.29 is 14.6 Å². The van der Waals surface area contributed by atoms with E-state index in [2.05, 4.69) is 10.6 Å². The van der Waals surface area contributed by atoms with Crippen molar-refractivity contribution in [2.45, 2.75) is 0 Å². The van der Waals surface area contributed by atoms with Gasteiger partial charge in [0, 0.05) is 11.8 Å². The summed E-state index contributed by atoms with van der Waals surface area (Å²) in [5, 5.41) is 15.2. The fourth-order valence-electron chi connectivity index (χ4n) is 1.30. The highest BCUT2D eigenvalue weighted by atomic mass is 32.1. The van der Waals surface area contributed by atoms with Gasteiger partial charge >= 0.3 is 5.97 Å². The highest BCUT2D eigenvalue weighted by Crippen LogP contribution is 2.13. The quantitative estimate of drug-likeness (QED) is 0.415. The zero-order chi connectivity index (χ0) is 12.3. The minimum atomic E-state index is -0.375. The van der Waals surface area contributed by atoms with Gasteiger partial charge in [0.05, 0.1) is 5.70 Å². The fraction of sp³-hybridized carbons (Fsp3) is 0.0909. The van der Waals surface area contributed by atoms with Gasteiger partial charge in [-0.1, -0.05) is 0 Å². The van der Waals surface area contributed by atoms with Crippen LogP contribution in [-0.4, -0.2) is 22.8 Å². The molecule has 0 saturated heterocycles. The molecule has 88 valence electrons. The molecule has 0 radical (unpaired) electrons. The Labute approximate surface area is 103 Å². The Balaban J connectivity index is 1.91. The molecule has 0 saturated carbocycles. The number of ether oxygens (including phenoxy) is 1. The fourth-order valence-corrected chi connectivity index (χ4v) is 1.55. The molecule has 1 aliphatic rings. The van der Waals surface area contributed by atoms with Crippen LogP contribution in [-0.2, 0) is 9.53 Å². The summed E-state index contributed by atoms with van der Waals surface area (Å²) in [6.45, 7) is 0.205. The molecular weight excluding hydrogens is 240 g/mol. The molecule has 0 unspecified atom stereocenters. The number of thiocarbonyl (C=S) groups is 1. The van der Waals surface area contributed by atoms with Gasteiger partial charge in [0.15, 0.2) is 5.11 Å². The van der Waals surface area contributed by atoms with Crippen molar-refractivity contribution in [3.8, 4) is 5.75 Å². The molecule has 17 heavy (non-hydrogen) atoms. The second-order valence-electron chi connectivity index (χ2n) is 3.40. The number of phenolic OH excluding ortho intramolecular Hbond substituents is 1. The van der Waals surface area contributed by atoms with Crippen molar-refractivity contribution in [1.82, 2.24) is 5.32 Å². The Hall–Kier alpha value is -2.08. The number of phenols is 1. The number of esters is 1. The summed E-state index contributed by atoms with van der Waals surface area (Å²) in [4.78, 5) is 10.8. The Kier molecular flexibility index (Phi) is 3.24. The molecule has 0 spiro atoms. The van der Waals surface area contributed by atoms with Crippen LogP contribution in [0.2, 0.25) is 0 Å². The van der Waals surface area contributed by atoms with E-state index in [9.17, 15) is 4.79 Å². The summed E-state index contributed by atoms with van der Waals surface area (Å²) >= 11 is 5.05. The van der Waals surface area contributed by atoms with Crippen LogP contribution in [0, 0.1) is 0 Å². The maximum Gasteiger partial charge on any atom is 0.333 e. The number of cyclic esters (lactones) is 1. The van der Waals surface area contributed by atoms with Crippen LogP contribution in [0.3, 0.4) is 0 Å². The summed E-state index contributed by atoms with van der Waals surface area (Å²) in [5.41, 5.74) is 1.36. The molecule has 0 aromatic heterocycles. The van der Waals surface area contributed by atoms with E-state index >= 15 is 0 Å². The van der Waals surface area contributed by atoms with Gasteiger partial charge < -0.3 is 20.5 Å². The average Bonchev–Trinajstić information content (AvgIpc) is 2.67. The van der Waals surface area contributed by atoms with Crippen molar-refractivity contribution in [3.63, 3.8) is 0 Å². The predicted molar refractivity (Wildman–Crippen MR) is 66.5 cm³/mol. The molecule has 2 rings (SSSR count). The second-order valence-corrected chi connectivity index (χ2v) is 3.81. The Morgan fingerprint density at radius 2 is 2.00 bits per heavy atom. The summed E-state index contributed by atoms with van der Waals surface area (Å²) in [5.74, 6) is -0.188. The van der Waals surface area contributed by atoms with E-state index in [-0.39, 0.29) is 18.3 Å². The summed E-state index contributed by atoms with van der Waals surface area (Å²) in [6.07, 6.45) is 1.35. The van der Waals surface area contributed by atoms with Crippen molar-refractivity contribution in [1.29, 1.82) is 0 Å². The first-order valence-electron chi connectivity index (χ1n) is 4.88. The van der Waals surface area contributed by atoms with Crippen LogP contribution >= 0.6 is 12.2 Å². The number of benzene rings is 1. The molecule has 0 atom stereocenters. The minimum absolute atomic E-state index is 0.187. The number of anilines is 1. The van der Waals surface area contributed by atoms with Gasteiger partial charge in [-0.05, 0) is 36.5 Å². The molecule has 1 aromatic carbocycles. The smallest absolute Gasteiger partial charge is 0.333 e. The molecule has 0 fully saturated rings. The molecule has 1 aliphatic heterocycles. The predicted octanol–water partition coefficient (Wildman–Crippen LogP) is 1.12. The highest BCUT2D eigenvalue weighted by Gasteiger charge is 2.13. The number of hydrogen-bond donors (Lipinski definition) is 3. The molecule has 0 amide bonds. The van der Waals surface area contributed by atoms with Gasteiger partial charge in [-0.3, -0.25) is 0 Å². The first-order valence-corrected chi connectivity index (χ1v) is 5.29. The van der Waals surface area contributed by atoms with Crippen LogP contribution in [0.5, 0.6) is 5.75 Å². The van der Waals surface area contributed by atoms with Gasteiger partial charge in [0.2, 0.25) is 0 Å². The van der Waals surface area contributed by atoms with E-state index in [1.807, 2.05) is 0 Å². The number of hydrogen-bond acceptors (Lipinski definition) is 4. The lowest BCUT2D eigenvalue weighted by Gasteiger charge is -2.10. The minimum Gasteiger partial charge on any atom is -0.508 e. The van der Waals surface area contributed by atoms with Crippen molar-refractivity contribution in [2.75, 3.05) is 11.9 Å². The van der Waals surface area contributed by atoms with E-state index in [1.54, 1.807) is 24.3 Å². The average molecular weight is 250 g/mol. The molecule has 1 aromatic rings. The Bertz CT molecular complexity index is 482. The maximum atomic E-state index is 10.8. The van der Waals surface area contributed by atoms with Crippen molar-refractivity contribution >= 4 is 29.0 Å². The SMILES string of the molecule is O=C1C=C(NC(=S)Nc2ccc(O)cc2)CO1. The van der Waals surface area contributed by atoms with Gasteiger partial charge in [0.1, 0.15) is 12.4 Å². The lowest BCUT2D eigenvalue weighted by atomic mass is 10.3. The van der Waals surface area contributed by atoms with Gasteiger partial charge in [-0.2, -0.15) is 0 Å². The third-order valence-electron chi connectivity index (χ3n) is 2.06. The first-order chi connectivity index (χ1) is 8.13. The van der Waals surface area contributed by atoms with Crippen LogP contribution in [0.4, 0.5) is 5.69 Å². The van der Waals surface area contributed by atoms with Crippen molar-refractivity contribution in [2.24, 2.45) is 0 Å². The molecule has 3 N–H and O–H groups in total. The van der Waals surface area contributed by atoms with E-state index in [1.165, 1.54) is 6.08 Å². The number of carbonyl (C=O) groups excluding carboxylic acids is 1. The summed E-state index contributed by atoms with van der Waals surface area (Å²) in [6, 6.07) is 6.47. The monoisotopic (exact) mass is 250 g/mol. The lowest BCUT2D eigenvalue weighted by molar-refractivity contribution is -0.134. The second kappa shape index (κ2) is 4.84. The molecule has 0 aliphatic carbocycles. The topological polar surface area (TPSA) is 70.6 Å². The van der Waals surface area contributed by atoms with Crippen LogP contribution in [0.1, 0.15) is 0 Å². The molecule has 6 heteroatoms. The molecule has 0 bridgehead atoms. The van der Waals surface area contributed by atoms with Gasteiger partial charge in [-0.25, -0.2) is 4.79 Å². The first kappa shape index (κ1) is 11.4. The maximum absolute atomic E-state index is 10.8. The van der Waals surface area contributed by atoms with E-state index < -0.39 is 0 Å². The lowest BCUT2D eigenvalue weighted by Crippen LogP contribution is -2.28. The summed E-state index contributed by atoms with van der Waals surface area (Å²) < 4.78 is 4.72. The standard InChI is InChI=1S/C11H10N2O3S/c14-9-3-1-7(2-4-9)12-11(17)13-8-5-10(15)16-6-8/h1-5,14H,6H2,(H2,12,13,17). The molecule has 5 nitrogen and oxygen atoms in total. The van der Waals surface area contributed by atoms with Crippen LogP contribution < -0.4 is 10.6 Å². The third-order valence-corrected chi connectivity index (χ3v) is 2.27. The number of nitrogens with one attached hydrogen (secondary N) is 2. The van der Waals surface area contributed by atoms with Gasteiger partial charge in [-0.15, -0.1) is 0 Å². The third kappa shape index (κ3) is 3.18. The molecule has 1 heterocycles. The zero-order valence-electron chi connectivity index (χ0n) is 8.77. The zero-order valence-corrected chi connectivity index (χ0v) is 9.58. The normalized spacial score (nSPS) is 13.9. The van der Waals surface area contributed by atoms with E-state index in [0.29, 0.717) is 10.8 Å². The van der Waals surface area contributed by atoms with E-state index in [4.69, 9.17) is 22.1 Å². The van der Waals surface area contributed by atoms with Crippen LogP contribution in [0.15, 0.2) is 36.0 Å². The Morgan fingerprint density at radius 1 is 1.29 bits per heavy atom. The highest BCUT2D eigenvalue weighted by molar-refractivity contribution is 7.80. The van der Waals surface area contributed by atoms with Crippen molar-refractivity contribution in [3.05, 3.63) is 36.0 Å². The largest absolute Gasteiger partial charge is 0.508 e. The van der Waals surface area contributed by atoms with E-state index in [0.717, 1.165) is 5.69 Å². The Morgan fingerprint density at radius 3 is 2.59 bits per heavy atom. The summed E-state index contributed by atoms with van der Waals surface area (Å²) in [7, 11) is 0. The van der Waals surface area contributed by atoms with Crippen LogP contribution in [0.25, 0.3) is 0 Å². The number of aromatic hydroxyl groups is 1. The number of rotatable bonds is 2. The molecular formula is C11H10N2O3S. The van der Waals surface area contributed by atoms with Gasteiger partial charge in [0.25, 0.3) is 0 Å².